The number of aromatic nitrogens is 6. The van der Waals surface area contributed by atoms with Crippen molar-refractivity contribution in [1.82, 2.24) is 29.4 Å². The van der Waals surface area contributed by atoms with E-state index in [1.807, 2.05) is 12.3 Å². The standard InChI is InChI=1S/C19H13FN6/c20-15-6-4-14(5-7-15)17-10-21-18-19(22-17)26(24-23-18)12-13-3-8-16-2-1-9-25(16)11-13/h1-11H,12H2. The Bertz CT molecular complexity index is 1220. The van der Waals surface area contributed by atoms with Crippen LogP contribution in [-0.4, -0.2) is 29.4 Å². The maximum absolute atomic E-state index is 13.1. The number of fused-ring (bicyclic) bond motifs is 2. The van der Waals surface area contributed by atoms with E-state index in [1.165, 1.54) is 12.1 Å². The molecule has 0 radical (unpaired) electrons. The molecule has 5 rings (SSSR count). The molecule has 0 saturated carbocycles. The Balaban J connectivity index is 1.54. The average molecular weight is 344 g/mol. The molecule has 1 aromatic carbocycles. The van der Waals surface area contributed by atoms with Gasteiger partial charge in [0, 0.05) is 23.5 Å². The first-order valence-corrected chi connectivity index (χ1v) is 8.14. The van der Waals surface area contributed by atoms with Gasteiger partial charge in [-0.3, -0.25) is 0 Å². The lowest BCUT2D eigenvalue weighted by Crippen LogP contribution is -2.04. The Labute approximate surface area is 147 Å². The second-order valence-corrected chi connectivity index (χ2v) is 6.03. The quantitative estimate of drug-likeness (QED) is 0.504. The van der Waals surface area contributed by atoms with Gasteiger partial charge in [-0.1, -0.05) is 11.3 Å². The first-order valence-electron chi connectivity index (χ1n) is 8.14. The molecule has 0 N–H and O–H groups in total. The topological polar surface area (TPSA) is 60.9 Å². The summed E-state index contributed by atoms with van der Waals surface area (Å²) in [6, 6.07) is 14.3. The summed E-state index contributed by atoms with van der Waals surface area (Å²) in [6.07, 6.45) is 5.69. The summed E-state index contributed by atoms with van der Waals surface area (Å²) in [5, 5.41) is 8.27. The van der Waals surface area contributed by atoms with Crippen molar-refractivity contribution in [3.05, 3.63) is 78.5 Å². The van der Waals surface area contributed by atoms with Crippen LogP contribution in [0.1, 0.15) is 5.56 Å². The van der Waals surface area contributed by atoms with Gasteiger partial charge < -0.3 is 4.40 Å². The predicted octanol–water partition coefficient (Wildman–Crippen LogP) is 3.33. The van der Waals surface area contributed by atoms with Crippen LogP contribution in [0.15, 0.2) is 67.1 Å². The zero-order valence-electron chi connectivity index (χ0n) is 13.6. The highest BCUT2D eigenvalue weighted by molar-refractivity contribution is 5.70. The Morgan fingerprint density at radius 1 is 1.00 bits per heavy atom. The number of rotatable bonds is 3. The third-order valence-corrected chi connectivity index (χ3v) is 4.28. The second-order valence-electron chi connectivity index (χ2n) is 6.03. The summed E-state index contributed by atoms with van der Waals surface area (Å²) in [4.78, 5) is 8.96. The summed E-state index contributed by atoms with van der Waals surface area (Å²) < 4.78 is 16.9. The van der Waals surface area contributed by atoms with Crippen LogP contribution in [-0.2, 0) is 6.54 Å². The summed E-state index contributed by atoms with van der Waals surface area (Å²) in [6.45, 7) is 0.534. The molecule has 126 valence electrons. The molecule has 0 bridgehead atoms. The van der Waals surface area contributed by atoms with Crippen LogP contribution in [0.2, 0.25) is 0 Å². The van der Waals surface area contributed by atoms with Gasteiger partial charge >= 0.3 is 0 Å². The minimum atomic E-state index is -0.283. The van der Waals surface area contributed by atoms with E-state index in [2.05, 4.69) is 49.1 Å². The minimum absolute atomic E-state index is 0.283. The van der Waals surface area contributed by atoms with Crippen molar-refractivity contribution in [1.29, 1.82) is 0 Å². The molecule has 0 amide bonds. The fourth-order valence-electron chi connectivity index (χ4n) is 2.97. The maximum Gasteiger partial charge on any atom is 0.221 e. The van der Waals surface area contributed by atoms with Crippen LogP contribution in [0, 0.1) is 5.82 Å². The lowest BCUT2D eigenvalue weighted by atomic mass is 10.1. The molecule has 0 aliphatic heterocycles. The van der Waals surface area contributed by atoms with Crippen molar-refractivity contribution >= 4 is 16.8 Å². The summed E-state index contributed by atoms with van der Waals surface area (Å²) in [5.74, 6) is -0.283. The highest BCUT2D eigenvalue weighted by Gasteiger charge is 2.11. The highest BCUT2D eigenvalue weighted by Crippen LogP contribution is 2.19. The van der Waals surface area contributed by atoms with Gasteiger partial charge in [0.05, 0.1) is 18.4 Å². The van der Waals surface area contributed by atoms with Crippen molar-refractivity contribution in [2.75, 3.05) is 0 Å². The van der Waals surface area contributed by atoms with E-state index >= 15 is 0 Å². The molecular weight excluding hydrogens is 331 g/mol. The lowest BCUT2D eigenvalue weighted by Gasteiger charge is -2.05. The third-order valence-electron chi connectivity index (χ3n) is 4.28. The maximum atomic E-state index is 13.1. The summed E-state index contributed by atoms with van der Waals surface area (Å²) >= 11 is 0. The first-order chi connectivity index (χ1) is 12.8. The van der Waals surface area contributed by atoms with Crippen LogP contribution >= 0.6 is 0 Å². The number of benzene rings is 1. The molecule has 0 unspecified atom stereocenters. The Kier molecular flexibility index (Phi) is 3.24. The number of pyridine rings is 1. The molecule has 7 heteroatoms. The lowest BCUT2D eigenvalue weighted by molar-refractivity contribution is 0.628. The molecule has 0 atom stereocenters. The van der Waals surface area contributed by atoms with E-state index in [1.54, 1.807) is 23.0 Å². The molecule has 0 aliphatic carbocycles. The van der Waals surface area contributed by atoms with E-state index in [0.29, 0.717) is 23.5 Å². The van der Waals surface area contributed by atoms with Gasteiger partial charge in [0.1, 0.15) is 5.82 Å². The van der Waals surface area contributed by atoms with Crippen molar-refractivity contribution in [3.8, 4) is 11.3 Å². The van der Waals surface area contributed by atoms with Gasteiger partial charge in [-0.25, -0.2) is 19.0 Å². The van der Waals surface area contributed by atoms with Gasteiger partial charge in [0.25, 0.3) is 0 Å². The Morgan fingerprint density at radius 2 is 1.88 bits per heavy atom. The third kappa shape index (κ3) is 2.50. The van der Waals surface area contributed by atoms with E-state index in [0.717, 1.165) is 16.6 Å². The second kappa shape index (κ2) is 5.73. The number of hydrogen-bond acceptors (Lipinski definition) is 4. The highest BCUT2D eigenvalue weighted by atomic mass is 19.1. The Morgan fingerprint density at radius 3 is 2.77 bits per heavy atom. The van der Waals surface area contributed by atoms with Crippen LogP contribution in [0.3, 0.4) is 0 Å². The zero-order chi connectivity index (χ0) is 17.5. The predicted molar refractivity (Wildman–Crippen MR) is 95.0 cm³/mol. The van der Waals surface area contributed by atoms with Gasteiger partial charge in [-0.05, 0) is 48.0 Å². The average Bonchev–Trinajstić information content (AvgIpc) is 3.29. The normalized spacial score (nSPS) is 11.4. The smallest absolute Gasteiger partial charge is 0.221 e. The largest absolute Gasteiger partial charge is 0.324 e. The monoisotopic (exact) mass is 344 g/mol. The van der Waals surface area contributed by atoms with Crippen molar-refractivity contribution in [2.45, 2.75) is 6.54 Å². The van der Waals surface area contributed by atoms with E-state index in [-0.39, 0.29) is 5.82 Å². The number of hydrogen-bond donors (Lipinski definition) is 0. The molecule has 0 aliphatic rings. The van der Waals surface area contributed by atoms with Gasteiger partial charge in [0.2, 0.25) is 5.65 Å². The SMILES string of the molecule is Fc1ccc(-c2cnc3nnn(Cc4ccc5cccn5c4)c3n2)cc1. The van der Waals surface area contributed by atoms with E-state index in [9.17, 15) is 4.39 Å². The van der Waals surface area contributed by atoms with Crippen molar-refractivity contribution in [3.63, 3.8) is 0 Å². The number of nitrogens with zero attached hydrogens (tertiary/aromatic N) is 6. The van der Waals surface area contributed by atoms with Crippen molar-refractivity contribution in [2.24, 2.45) is 0 Å². The molecular formula is C19H13FN6. The van der Waals surface area contributed by atoms with Gasteiger partial charge in [-0.2, -0.15) is 0 Å². The molecule has 26 heavy (non-hydrogen) atoms. The Hall–Kier alpha value is -3.61. The van der Waals surface area contributed by atoms with Crippen molar-refractivity contribution < 1.29 is 4.39 Å². The molecule has 4 heterocycles. The van der Waals surface area contributed by atoms with Gasteiger partial charge in [0.15, 0.2) is 5.65 Å². The molecule has 6 nitrogen and oxygen atoms in total. The molecule has 0 spiro atoms. The molecule has 4 aromatic heterocycles. The van der Waals surface area contributed by atoms with E-state index in [4.69, 9.17) is 0 Å². The first kappa shape index (κ1) is 14.7. The van der Waals surface area contributed by atoms with Crippen LogP contribution < -0.4 is 0 Å². The van der Waals surface area contributed by atoms with E-state index < -0.39 is 0 Å². The fraction of sp³-hybridized carbons (Fsp3) is 0.0526. The summed E-state index contributed by atoms with van der Waals surface area (Å²) in [5.41, 5.74) is 4.74. The summed E-state index contributed by atoms with van der Waals surface area (Å²) in [7, 11) is 0. The van der Waals surface area contributed by atoms with Crippen LogP contribution in [0.4, 0.5) is 4.39 Å². The molecule has 0 saturated heterocycles. The fourth-order valence-corrected chi connectivity index (χ4v) is 2.97. The number of halogens is 1. The van der Waals surface area contributed by atoms with Gasteiger partial charge in [-0.15, -0.1) is 5.10 Å². The zero-order valence-corrected chi connectivity index (χ0v) is 13.6. The molecule has 5 aromatic rings. The van der Waals surface area contributed by atoms with Crippen LogP contribution in [0.25, 0.3) is 28.1 Å². The van der Waals surface area contributed by atoms with Crippen LogP contribution in [0.5, 0.6) is 0 Å². The molecule has 0 fully saturated rings. The minimum Gasteiger partial charge on any atom is -0.324 e.